The van der Waals surface area contributed by atoms with E-state index in [4.69, 9.17) is 5.11 Å². The Morgan fingerprint density at radius 1 is 1.40 bits per heavy atom. The van der Waals surface area contributed by atoms with E-state index >= 15 is 0 Å². The maximum Gasteiger partial charge on any atom is 0.263 e. The number of hydrogen-bond acceptors (Lipinski definition) is 4. The van der Waals surface area contributed by atoms with Crippen LogP contribution in [-0.4, -0.2) is 13.5 Å². The second-order valence-electron chi connectivity index (χ2n) is 4.02. The Kier molecular flexibility index (Phi) is 4.67. The zero-order valence-electron chi connectivity index (χ0n) is 10.4. The standard InChI is InChI=1S/C12H11FINO3S2/c1-7-12(5-9(6-16)19-7)20(17,18)15-11-3-2-8(13)4-10(11)14/h2-5,15-16H,6H2,1H3. The summed E-state index contributed by atoms with van der Waals surface area (Å²) in [6, 6.07) is 5.26. The summed E-state index contributed by atoms with van der Waals surface area (Å²) >= 11 is 3.09. The molecule has 2 aromatic rings. The molecule has 1 heterocycles. The van der Waals surface area contributed by atoms with Crippen molar-refractivity contribution in [3.05, 3.63) is 43.4 Å². The molecule has 0 amide bonds. The average Bonchev–Trinajstić information content (AvgIpc) is 2.75. The van der Waals surface area contributed by atoms with Gasteiger partial charge in [0.05, 0.1) is 12.3 Å². The van der Waals surface area contributed by atoms with E-state index in [1.165, 1.54) is 35.6 Å². The Hall–Kier alpha value is -0.710. The SMILES string of the molecule is Cc1sc(CO)cc1S(=O)(=O)Nc1ccc(F)cc1I. The van der Waals surface area contributed by atoms with Gasteiger partial charge in [-0.1, -0.05) is 0 Å². The second kappa shape index (κ2) is 5.96. The number of anilines is 1. The van der Waals surface area contributed by atoms with Crippen LogP contribution in [0.5, 0.6) is 0 Å². The number of aliphatic hydroxyl groups excluding tert-OH is 1. The van der Waals surface area contributed by atoms with E-state index < -0.39 is 15.8 Å². The topological polar surface area (TPSA) is 66.4 Å². The number of aliphatic hydroxyl groups is 1. The Morgan fingerprint density at radius 2 is 2.10 bits per heavy atom. The molecule has 0 fully saturated rings. The number of halogens is 2. The summed E-state index contributed by atoms with van der Waals surface area (Å²) in [6.45, 7) is 1.48. The van der Waals surface area contributed by atoms with Crippen molar-refractivity contribution in [1.82, 2.24) is 0 Å². The molecule has 108 valence electrons. The summed E-state index contributed by atoms with van der Waals surface area (Å²) in [7, 11) is -3.75. The van der Waals surface area contributed by atoms with Gasteiger partial charge in [-0.3, -0.25) is 4.72 Å². The van der Waals surface area contributed by atoms with Crippen molar-refractivity contribution in [2.24, 2.45) is 0 Å². The molecule has 0 aliphatic heterocycles. The lowest BCUT2D eigenvalue weighted by atomic mass is 10.3. The third-order valence-electron chi connectivity index (χ3n) is 2.54. The summed E-state index contributed by atoms with van der Waals surface area (Å²) in [6.07, 6.45) is 0. The second-order valence-corrected chi connectivity index (χ2v) is 8.17. The highest BCUT2D eigenvalue weighted by molar-refractivity contribution is 14.1. The van der Waals surface area contributed by atoms with E-state index in [1.54, 1.807) is 6.92 Å². The molecule has 2 N–H and O–H groups in total. The van der Waals surface area contributed by atoms with Crippen LogP contribution in [0.2, 0.25) is 0 Å². The number of rotatable bonds is 4. The lowest BCUT2D eigenvalue weighted by Crippen LogP contribution is -2.14. The predicted molar refractivity (Wildman–Crippen MR) is 84.9 cm³/mol. The van der Waals surface area contributed by atoms with Crippen LogP contribution in [-0.2, 0) is 16.6 Å². The van der Waals surface area contributed by atoms with Crippen LogP contribution in [0.15, 0.2) is 29.2 Å². The number of aryl methyl sites for hydroxylation is 1. The first-order valence-electron chi connectivity index (χ1n) is 5.51. The Labute approximate surface area is 133 Å². The van der Waals surface area contributed by atoms with E-state index in [1.807, 2.05) is 22.6 Å². The maximum atomic E-state index is 13.0. The van der Waals surface area contributed by atoms with E-state index in [0.29, 0.717) is 19.0 Å². The quantitative estimate of drug-likeness (QED) is 0.738. The maximum absolute atomic E-state index is 13.0. The van der Waals surface area contributed by atoms with Gasteiger partial charge in [0.1, 0.15) is 10.7 Å². The van der Waals surface area contributed by atoms with E-state index in [-0.39, 0.29) is 11.5 Å². The average molecular weight is 427 g/mol. The highest BCUT2D eigenvalue weighted by Gasteiger charge is 2.20. The molecule has 2 rings (SSSR count). The molecule has 0 bridgehead atoms. The van der Waals surface area contributed by atoms with Gasteiger partial charge in [-0.25, -0.2) is 12.8 Å². The minimum Gasteiger partial charge on any atom is -0.391 e. The van der Waals surface area contributed by atoms with E-state index in [0.717, 1.165) is 0 Å². The lowest BCUT2D eigenvalue weighted by Gasteiger charge is -2.09. The summed E-state index contributed by atoms with van der Waals surface area (Å²) in [5, 5.41) is 9.06. The Morgan fingerprint density at radius 3 is 2.65 bits per heavy atom. The largest absolute Gasteiger partial charge is 0.391 e. The first-order chi connectivity index (χ1) is 9.33. The Bertz CT molecular complexity index is 743. The number of thiophene rings is 1. The number of benzene rings is 1. The molecule has 0 unspecified atom stereocenters. The molecule has 4 nitrogen and oxygen atoms in total. The third kappa shape index (κ3) is 3.30. The van der Waals surface area contributed by atoms with Crippen molar-refractivity contribution in [2.45, 2.75) is 18.4 Å². The molecule has 1 aromatic heterocycles. The molecule has 1 aromatic carbocycles. The fourth-order valence-electron chi connectivity index (χ4n) is 1.64. The van der Waals surface area contributed by atoms with Crippen molar-refractivity contribution in [3.63, 3.8) is 0 Å². The van der Waals surface area contributed by atoms with Crippen molar-refractivity contribution in [1.29, 1.82) is 0 Å². The lowest BCUT2D eigenvalue weighted by molar-refractivity contribution is 0.285. The van der Waals surface area contributed by atoms with Gasteiger partial charge >= 0.3 is 0 Å². The molecule has 0 radical (unpaired) electrons. The molecule has 20 heavy (non-hydrogen) atoms. The smallest absolute Gasteiger partial charge is 0.263 e. The normalized spacial score (nSPS) is 11.6. The molecule has 0 atom stereocenters. The van der Waals surface area contributed by atoms with Gasteiger partial charge in [0.25, 0.3) is 10.0 Å². The van der Waals surface area contributed by atoms with Crippen LogP contribution >= 0.6 is 33.9 Å². The third-order valence-corrected chi connectivity index (χ3v) is 6.09. The van der Waals surface area contributed by atoms with E-state index in [2.05, 4.69) is 4.72 Å². The molecule has 0 spiro atoms. The predicted octanol–water partition coefficient (Wildman–Crippen LogP) is 3.09. The molecule has 0 aliphatic rings. The number of sulfonamides is 1. The fraction of sp³-hybridized carbons (Fsp3) is 0.167. The van der Waals surface area contributed by atoms with Gasteiger partial charge in [-0.05, 0) is 53.8 Å². The highest BCUT2D eigenvalue weighted by Crippen LogP contribution is 2.28. The van der Waals surface area contributed by atoms with Crippen LogP contribution in [0.1, 0.15) is 9.75 Å². The van der Waals surface area contributed by atoms with Gasteiger partial charge in [-0.15, -0.1) is 11.3 Å². The minimum atomic E-state index is -3.75. The fourth-order valence-corrected chi connectivity index (χ4v) is 5.01. The van der Waals surface area contributed by atoms with Crippen LogP contribution in [0.25, 0.3) is 0 Å². The van der Waals surface area contributed by atoms with Gasteiger partial charge in [0, 0.05) is 13.3 Å². The van der Waals surface area contributed by atoms with Crippen molar-refractivity contribution in [3.8, 4) is 0 Å². The molecule has 0 aliphatic carbocycles. The van der Waals surface area contributed by atoms with Crippen molar-refractivity contribution >= 4 is 49.6 Å². The molecular formula is C12H11FINO3S2. The summed E-state index contributed by atoms with van der Waals surface area (Å²) in [5.41, 5.74) is 0.322. The zero-order valence-corrected chi connectivity index (χ0v) is 14.1. The number of hydrogen-bond donors (Lipinski definition) is 2. The summed E-state index contributed by atoms with van der Waals surface area (Å²) in [4.78, 5) is 1.31. The Balaban J connectivity index is 2.38. The van der Waals surface area contributed by atoms with Crippen molar-refractivity contribution < 1.29 is 17.9 Å². The summed E-state index contributed by atoms with van der Waals surface area (Å²) in [5.74, 6) is -0.424. The van der Waals surface area contributed by atoms with Crippen LogP contribution in [0.3, 0.4) is 0 Å². The minimum absolute atomic E-state index is 0.131. The van der Waals surface area contributed by atoms with Gasteiger partial charge < -0.3 is 5.11 Å². The van der Waals surface area contributed by atoms with Crippen LogP contribution < -0.4 is 4.72 Å². The van der Waals surface area contributed by atoms with Gasteiger partial charge in [-0.2, -0.15) is 0 Å². The summed E-state index contributed by atoms with van der Waals surface area (Å²) < 4.78 is 40.5. The van der Waals surface area contributed by atoms with Gasteiger partial charge in [0.15, 0.2) is 0 Å². The molecule has 8 heteroatoms. The molecule has 0 saturated heterocycles. The van der Waals surface area contributed by atoms with E-state index in [9.17, 15) is 12.8 Å². The van der Waals surface area contributed by atoms with Crippen molar-refractivity contribution in [2.75, 3.05) is 4.72 Å². The van der Waals surface area contributed by atoms with Crippen LogP contribution in [0, 0.1) is 16.3 Å². The number of nitrogens with one attached hydrogen (secondary N) is 1. The first kappa shape index (κ1) is 15.7. The highest BCUT2D eigenvalue weighted by atomic mass is 127. The zero-order chi connectivity index (χ0) is 14.9. The monoisotopic (exact) mass is 427 g/mol. The molecular weight excluding hydrogens is 416 g/mol. The van der Waals surface area contributed by atoms with Crippen LogP contribution in [0.4, 0.5) is 10.1 Å². The molecule has 0 saturated carbocycles. The van der Waals surface area contributed by atoms with Gasteiger partial charge in [0.2, 0.25) is 0 Å². The first-order valence-corrected chi connectivity index (χ1v) is 8.89.